The van der Waals surface area contributed by atoms with Gasteiger partial charge in [-0.1, -0.05) is 0 Å². The summed E-state index contributed by atoms with van der Waals surface area (Å²) in [6.45, 7) is 0. The summed E-state index contributed by atoms with van der Waals surface area (Å²) in [7, 11) is -8.32. The lowest BCUT2D eigenvalue weighted by atomic mass is 10.5. The molecule has 0 aliphatic heterocycles. The van der Waals surface area contributed by atoms with Gasteiger partial charge in [-0.15, -0.1) is 3.89 Å². The minimum absolute atomic E-state index is 0.301. The second-order valence-corrected chi connectivity index (χ2v) is 5.85. The van der Waals surface area contributed by atoms with Crippen LogP contribution in [-0.4, -0.2) is 28.1 Å². The van der Waals surface area contributed by atoms with Gasteiger partial charge < -0.3 is 0 Å². The normalized spacial score (nSPS) is 12.7. The van der Waals surface area contributed by atoms with E-state index >= 15 is 0 Å². The number of nitrogens with zero attached hydrogens (tertiary/aromatic N) is 1. The molecule has 78 valence electrons. The van der Waals surface area contributed by atoms with E-state index in [1.165, 1.54) is 0 Å². The highest BCUT2D eigenvalue weighted by molar-refractivity contribution is 7.90. The Morgan fingerprint density at radius 1 is 1.21 bits per heavy atom. The average Bonchev–Trinajstić information content (AvgIpc) is 2.01. The number of halogens is 1. The lowest BCUT2D eigenvalue weighted by molar-refractivity contribution is 0.551. The van der Waals surface area contributed by atoms with Crippen LogP contribution >= 0.6 is 0 Å². The number of hydrogen-bond acceptors (Lipinski definition) is 5. The van der Waals surface area contributed by atoms with Crippen molar-refractivity contribution in [2.24, 2.45) is 0 Å². The first kappa shape index (κ1) is 11.1. The zero-order chi connectivity index (χ0) is 11.0. The fourth-order valence-electron chi connectivity index (χ4n) is 0.730. The molecule has 1 aromatic heterocycles. The van der Waals surface area contributed by atoms with Crippen LogP contribution in [0, 0.1) is 0 Å². The Kier molecular flexibility index (Phi) is 2.59. The van der Waals surface area contributed by atoms with Crippen molar-refractivity contribution in [3.05, 3.63) is 18.3 Å². The van der Waals surface area contributed by atoms with E-state index in [9.17, 15) is 20.7 Å². The molecule has 5 nitrogen and oxygen atoms in total. The highest BCUT2D eigenvalue weighted by Gasteiger charge is 2.14. The molecular weight excluding hydrogens is 233 g/mol. The monoisotopic (exact) mass is 239 g/mol. The first-order valence-electron chi connectivity index (χ1n) is 3.32. The molecule has 0 unspecified atom stereocenters. The summed E-state index contributed by atoms with van der Waals surface area (Å²) >= 11 is 0. The van der Waals surface area contributed by atoms with E-state index in [1.54, 1.807) is 0 Å². The Bertz CT molecular complexity index is 481. The summed E-state index contributed by atoms with van der Waals surface area (Å²) in [5.41, 5.74) is 0. The summed E-state index contributed by atoms with van der Waals surface area (Å²) in [4.78, 5) is 2.65. The van der Waals surface area contributed by atoms with Crippen LogP contribution in [0.3, 0.4) is 0 Å². The molecular formula is C6H6FNO4S2. The molecule has 1 rings (SSSR count). The summed E-state index contributed by atoms with van der Waals surface area (Å²) < 4.78 is 54.8. The molecule has 0 saturated heterocycles. The third-order valence-corrected chi connectivity index (χ3v) is 3.18. The van der Waals surface area contributed by atoms with Crippen LogP contribution < -0.4 is 0 Å². The quantitative estimate of drug-likeness (QED) is 0.686. The molecule has 0 fully saturated rings. The molecule has 0 bridgehead atoms. The van der Waals surface area contributed by atoms with E-state index in [-0.39, 0.29) is 5.03 Å². The average molecular weight is 239 g/mol. The first-order chi connectivity index (χ1) is 6.21. The van der Waals surface area contributed by atoms with Crippen molar-refractivity contribution in [3.8, 4) is 0 Å². The Morgan fingerprint density at radius 3 is 2.07 bits per heavy atom. The predicted octanol–water partition coefficient (Wildman–Crippen LogP) is 0.143. The van der Waals surface area contributed by atoms with Gasteiger partial charge in [-0.05, 0) is 12.1 Å². The van der Waals surface area contributed by atoms with Gasteiger partial charge in [0.05, 0.1) is 0 Å². The van der Waals surface area contributed by atoms with Crippen molar-refractivity contribution in [3.63, 3.8) is 0 Å². The molecule has 0 spiro atoms. The maximum Gasteiger partial charge on any atom is 0.333 e. The molecule has 1 heterocycles. The van der Waals surface area contributed by atoms with Gasteiger partial charge in [0.25, 0.3) is 0 Å². The van der Waals surface area contributed by atoms with Crippen molar-refractivity contribution in [2.45, 2.75) is 9.92 Å². The lowest BCUT2D eigenvalue weighted by Gasteiger charge is -1.97. The SMILES string of the molecule is CS(=O)(=O)c1ccc(S(=O)(=O)F)cn1. The Hall–Kier alpha value is -1.02. The summed E-state index contributed by atoms with van der Waals surface area (Å²) in [6.07, 6.45) is 1.57. The molecule has 0 amide bonds. The second-order valence-electron chi connectivity index (χ2n) is 2.54. The standard InChI is InChI=1S/C6H6FNO4S2/c1-13(9,10)6-3-2-5(4-8-6)14(7,11)12/h2-4H,1H3. The van der Waals surface area contributed by atoms with E-state index in [1.807, 2.05) is 0 Å². The summed E-state index contributed by atoms with van der Waals surface area (Å²) in [6, 6.07) is 1.78. The number of aromatic nitrogens is 1. The molecule has 8 heteroatoms. The van der Waals surface area contributed by atoms with Crippen molar-refractivity contribution in [1.82, 2.24) is 4.98 Å². The minimum atomic E-state index is -4.82. The maximum absolute atomic E-state index is 12.3. The molecule has 0 aliphatic carbocycles. The van der Waals surface area contributed by atoms with Crippen LogP contribution in [0.15, 0.2) is 28.3 Å². The highest BCUT2D eigenvalue weighted by atomic mass is 32.3. The second kappa shape index (κ2) is 3.28. The van der Waals surface area contributed by atoms with Crippen molar-refractivity contribution < 1.29 is 20.7 Å². The van der Waals surface area contributed by atoms with Gasteiger partial charge in [-0.25, -0.2) is 13.4 Å². The molecule has 0 atom stereocenters. The molecule has 0 N–H and O–H groups in total. The molecule has 14 heavy (non-hydrogen) atoms. The third kappa shape index (κ3) is 2.48. The van der Waals surface area contributed by atoms with E-state index in [0.29, 0.717) is 6.20 Å². The number of pyridine rings is 1. The van der Waals surface area contributed by atoms with E-state index in [4.69, 9.17) is 0 Å². The van der Waals surface area contributed by atoms with Crippen molar-refractivity contribution in [2.75, 3.05) is 6.26 Å². The van der Waals surface area contributed by atoms with Crippen LogP contribution in [0.1, 0.15) is 0 Å². The van der Waals surface area contributed by atoms with Crippen molar-refractivity contribution in [1.29, 1.82) is 0 Å². The molecule has 0 aliphatic rings. The van der Waals surface area contributed by atoms with Gasteiger partial charge >= 0.3 is 10.2 Å². The topological polar surface area (TPSA) is 81.2 Å². The van der Waals surface area contributed by atoms with Crippen LogP contribution in [0.2, 0.25) is 0 Å². The fraction of sp³-hybridized carbons (Fsp3) is 0.167. The van der Waals surface area contributed by atoms with Crippen LogP contribution in [-0.2, 0) is 20.1 Å². The number of rotatable bonds is 2. The Morgan fingerprint density at radius 2 is 1.79 bits per heavy atom. The number of hydrogen-bond donors (Lipinski definition) is 0. The smallest absolute Gasteiger partial charge is 0.243 e. The van der Waals surface area contributed by atoms with Gasteiger partial charge in [-0.3, -0.25) is 0 Å². The zero-order valence-corrected chi connectivity index (χ0v) is 8.64. The van der Waals surface area contributed by atoms with Crippen LogP contribution in [0.25, 0.3) is 0 Å². The van der Waals surface area contributed by atoms with Crippen molar-refractivity contribution >= 4 is 20.1 Å². The molecule has 0 radical (unpaired) electrons. The Balaban J connectivity index is 3.28. The minimum Gasteiger partial charge on any atom is -0.243 e. The molecule has 0 aromatic carbocycles. The number of sulfone groups is 1. The van der Waals surface area contributed by atoms with E-state index in [0.717, 1.165) is 18.4 Å². The zero-order valence-electron chi connectivity index (χ0n) is 7.01. The van der Waals surface area contributed by atoms with Gasteiger partial charge in [0.1, 0.15) is 4.90 Å². The molecule has 1 aromatic rings. The third-order valence-electron chi connectivity index (χ3n) is 1.37. The highest BCUT2D eigenvalue weighted by Crippen LogP contribution is 2.12. The van der Waals surface area contributed by atoms with E-state index < -0.39 is 25.0 Å². The van der Waals surface area contributed by atoms with Gasteiger partial charge in [-0.2, -0.15) is 8.42 Å². The van der Waals surface area contributed by atoms with Gasteiger partial charge in [0.15, 0.2) is 14.9 Å². The van der Waals surface area contributed by atoms with Gasteiger partial charge in [0, 0.05) is 12.5 Å². The predicted molar refractivity (Wildman–Crippen MR) is 45.6 cm³/mol. The van der Waals surface area contributed by atoms with Crippen LogP contribution in [0.4, 0.5) is 3.89 Å². The first-order valence-corrected chi connectivity index (χ1v) is 6.59. The Labute approximate surface area is 80.7 Å². The lowest BCUT2D eigenvalue weighted by Crippen LogP contribution is -2.01. The fourth-order valence-corrected chi connectivity index (χ4v) is 1.70. The maximum atomic E-state index is 12.3. The summed E-state index contributed by atoms with van der Waals surface area (Å²) in [5, 5.41) is -0.301. The van der Waals surface area contributed by atoms with Gasteiger partial charge in [0.2, 0.25) is 0 Å². The largest absolute Gasteiger partial charge is 0.333 e. The van der Waals surface area contributed by atoms with Crippen LogP contribution in [0.5, 0.6) is 0 Å². The van der Waals surface area contributed by atoms with E-state index in [2.05, 4.69) is 4.98 Å². The summed E-state index contributed by atoms with van der Waals surface area (Å²) in [5.74, 6) is 0. The molecule has 0 saturated carbocycles.